The van der Waals surface area contributed by atoms with Gasteiger partial charge in [-0.15, -0.1) is 11.6 Å². The van der Waals surface area contributed by atoms with E-state index in [9.17, 15) is 0 Å². The first-order valence-corrected chi connectivity index (χ1v) is 8.35. The van der Waals surface area contributed by atoms with Crippen LogP contribution in [0.2, 0.25) is 0 Å². The van der Waals surface area contributed by atoms with Crippen LogP contribution in [-0.4, -0.2) is 12.0 Å². The van der Waals surface area contributed by atoms with Crippen molar-refractivity contribution in [2.75, 3.05) is 11.9 Å². The van der Waals surface area contributed by atoms with Gasteiger partial charge in [0, 0.05) is 29.6 Å². The molecule has 0 aliphatic heterocycles. The summed E-state index contributed by atoms with van der Waals surface area (Å²) in [5, 5.41) is 0. The maximum atomic E-state index is 6.01. The van der Waals surface area contributed by atoms with E-state index in [0.29, 0.717) is 11.8 Å². The van der Waals surface area contributed by atoms with Crippen molar-refractivity contribution in [1.29, 1.82) is 0 Å². The van der Waals surface area contributed by atoms with Crippen LogP contribution in [0.4, 0.5) is 5.82 Å². The summed E-state index contributed by atoms with van der Waals surface area (Å²) in [5.41, 5.74) is 3.44. The van der Waals surface area contributed by atoms with E-state index in [1.807, 2.05) is 6.07 Å². The van der Waals surface area contributed by atoms with Gasteiger partial charge < -0.3 is 4.90 Å². The molecule has 1 heterocycles. The van der Waals surface area contributed by atoms with Gasteiger partial charge in [-0.3, -0.25) is 0 Å². The zero-order valence-electron chi connectivity index (χ0n) is 12.6. The first kappa shape index (κ1) is 16.3. The van der Waals surface area contributed by atoms with Gasteiger partial charge >= 0.3 is 0 Å². The number of nitrogens with zero attached hydrogens (tertiary/aromatic N) is 2. The predicted molar refractivity (Wildman–Crippen MR) is 94.1 cm³/mol. The van der Waals surface area contributed by atoms with Gasteiger partial charge in [-0.1, -0.05) is 48.0 Å². The summed E-state index contributed by atoms with van der Waals surface area (Å²) >= 11 is 9.61. The van der Waals surface area contributed by atoms with Gasteiger partial charge in [0.15, 0.2) is 0 Å². The highest BCUT2D eigenvalue weighted by Gasteiger charge is 2.10. The Balaban J connectivity index is 2.28. The molecule has 0 fully saturated rings. The minimum absolute atomic E-state index is 0.392. The average molecular weight is 368 g/mol. The number of hydrogen-bond acceptors (Lipinski definition) is 2. The Labute approximate surface area is 140 Å². The molecule has 0 bridgehead atoms. The Morgan fingerprint density at radius 1 is 1.24 bits per heavy atom. The number of pyridine rings is 1. The molecule has 2 rings (SSSR count). The van der Waals surface area contributed by atoms with Crippen LogP contribution in [0.25, 0.3) is 0 Å². The molecule has 2 nitrogen and oxygen atoms in total. The van der Waals surface area contributed by atoms with Crippen LogP contribution < -0.4 is 4.90 Å². The molecule has 0 N–H and O–H groups in total. The first-order chi connectivity index (χ1) is 10.0. The number of anilines is 1. The molecular formula is C17H20BrClN2. The molecule has 0 amide bonds. The maximum absolute atomic E-state index is 6.01. The topological polar surface area (TPSA) is 16.1 Å². The van der Waals surface area contributed by atoms with Crippen LogP contribution in [0.3, 0.4) is 0 Å². The molecule has 0 radical (unpaired) electrons. The summed E-state index contributed by atoms with van der Waals surface area (Å²) in [5.74, 6) is 1.87. The minimum Gasteiger partial charge on any atom is -0.355 e. The molecule has 0 aliphatic carbocycles. The highest BCUT2D eigenvalue weighted by molar-refractivity contribution is 9.10. The molecule has 0 aliphatic rings. The fourth-order valence-electron chi connectivity index (χ4n) is 2.13. The Morgan fingerprint density at radius 3 is 2.57 bits per heavy atom. The van der Waals surface area contributed by atoms with Gasteiger partial charge in [0.05, 0.1) is 0 Å². The lowest BCUT2D eigenvalue weighted by Crippen LogP contribution is -2.19. The molecule has 1 aromatic heterocycles. The van der Waals surface area contributed by atoms with Gasteiger partial charge in [-0.05, 0) is 35.2 Å². The van der Waals surface area contributed by atoms with Gasteiger partial charge in [-0.2, -0.15) is 0 Å². The van der Waals surface area contributed by atoms with E-state index in [1.54, 1.807) is 0 Å². The van der Waals surface area contributed by atoms with Gasteiger partial charge in [0.25, 0.3) is 0 Å². The molecule has 0 atom stereocenters. The lowest BCUT2D eigenvalue weighted by molar-refractivity contribution is 0.802. The van der Waals surface area contributed by atoms with Crippen molar-refractivity contribution in [3.63, 3.8) is 0 Å². The quantitative estimate of drug-likeness (QED) is 0.663. The summed E-state index contributed by atoms with van der Waals surface area (Å²) in [6.07, 6.45) is 0. The molecule has 0 unspecified atom stereocenters. The summed E-state index contributed by atoms with van der Waals surface area (Å²) < 4.78 is 1.12. The third-order valence-electron chi connectivity index (χ3n) is 3.39. The van der Waals surface area contributed by atoms with Gasteiger partial charge in [0.1, 0.15) is 5.82 Å². The predicted octanol–water partition coefficient (Wildman–Crippen LogP) is 5.34. The number of aromatic nitrogens is 1. The Morgan fingerprint density at radius 2 is 1.95 bits per heavy atom. The number of rotatable bonds is 5. The second-order valence-electron chi connectivity index (χ2n) is 5.49. The van der Waals surface area contributed by atoms with Crippen molar-refractivity contribution in [3.05, 3.63) is 57.7 Å². The smallest absolute Gasteiger partial charge is 0.129 e. The molecule has 1 aromatic carbocycles. The highest BCUT2D eigenvalue weighted by atomic mass is 79.9. The number of alkyl halides is 1. The first-order valence-electron chi connectivity index (χ1n) is 7.02. The zero-order valence-corrected chi connectivity index (χ0v) is 14.9. The summed E-state index contributed by atoms with van der Waals surface area (Å²) in [4.78, 5) is 6.91. The molecule has 21 heavy (non-hydrogen) atoms. The largest absolute Gasteiger partial charge is 0.355 e. The molecule has 112 valence electrons. The standard InChI is InChI=1S/C17H20BrClN2/c1-12(2)16-8-13(10-19)9-17(20-16)21(3)11-14-6-4-5-7-15(14)18/h4-9,12H,10-11H2,1-3H3. The van der Waals surface area contributed by atoms with Crippen LogP contribution >= 0.6 is 27.5 Å². The van der Waals surface area contributed by atoms with Crippen molar-refractivity contribution in [2.45, 2.75) is 32.2 Å². The highest BCUT2D eigenvalue weighted by Crippen LogP contribution is 2.23. The number of hydrogen-bond donors (Lipinski definition) is 0. The van der Waals surface area contributed by atoms with Crippen LogP contribution in [0.15, 0.2) is 40.9 Å². The Hall–Kier alpha value is -1.06. The third kappa shape index (κ3) is 4.21. The molecule has 2 aromatic rings. The molecular weight excluding hydrogens is 348 g/mol. The summed E-state index contributed by atoms with van der Waals surface area (Å²) in [7, 11) is 2.06. The van der Waals surface area contributed by atoms with E-state index in [4.69, 9.17) is 16.6 Å². The van der Waals surface area contributed by atoms with E-state index < -0.39 is 0 Å². The van der Waals surface area contributed by atoms with Crippen LogP contribution in [0.1, 0.15) is 36.6 Å². The van der Waals surface area contributed by atoms with Crippen molar-refractivity contribution >= 4 is 33.3 Å². The molecule has 0 saturated carbocycles. The van der Waals surface area contributed by atoms with Gasteiger partial charge in [-0.25, -0.2) is 4.98 Å². The fourth-order valence-corrected chi connectivity index (χ4v) is 2.69. The van der Waals surface area contributed by atoms with E-state index in [-0.39, 0.29) is 0 Å². The lowest BCUT2D eigenvalue weighted by Gasteiger charge is -2.21. The molecule has 0 saturated heterocycles. The fraction of sp³-hybridized carbons (Fsp3) is 0.353. The average Bonchev–Trinajstić information content (AvgIpc) is 2.49. The summed E-state index contributed by atoms with van der Waals surface area (Å²) in [6.45, 7) is 5.10. The summed E-state index contributed by atoms with van der Waals surface area (Å²) in [6, 6.07) is 12.4. The third-order valence-corrected chi connectivity index (χ3v) is 4.48. The van der Waals surface area contributed by atoms with E-state index in [2.05, 4.69) is 72.1 Å². The number of halogens is 2. The van der Waals surface area contributed by atoms with Gasteiger partial charge in [0.2, 0.25) is 0 Å². The van der Waals surface area contributed by atoms with E-state index in [1.165, 1.54) is 5.56 Å². The Kier molecular flexibility index (Phi) is 5.65. The van der Waals surface area contributed by atoms with Crippen LogP contribution in [-0.2, 0) is 12.4 Å². The molecule has 0 spiro atoms. The Bertz CT molecular complexity index is 613. The van der Waals surface area contributed by atoms with E-state index >= 15 is 0 Å². The second-order valence-corrected chi connectivity index (χ2v) is 6.62. The zero-order chi connectivity index (χ0) is 15.4. The van der Waals surface area contributed by atoms with Crippen LogP contribution in [0.5, 0.6) is 0 Å². The second kappa shape index (κ2) is 7.28. The van der Waals surface area contributed by atoms with Crippen molar-refractivity contribution in [3.8, 4) is 0 Å². The van der Waals surface area contributed by atoms with Crippen LogP contribution in [0, 0.1) is 0 Å². The van der Waals surface area contributed by atoms with Crippen molar-refractivity contribution in [1.82, 2.24) is 4.98 Å². The SMILES string of the molecule is CC(C)c1cc(CCl)cc(N(C)Cc2ccccc2Br)n1. The number of benzene rings is 1. The van der Waals surface area contributed by atoms with E-state index in [0.717, 1.165) is 28.1 Å². The minimum atomic E-state index is 0.392. The van der Waals surface area contributed by atoms with Crippen molar-refractivity contribution < 1.29 is 0 Å². The normalized spacial score (nSPS) is 11.0. The maximum Gasteiger partial charge on any atom is 0.129 e. The van der Waals surface area contributed by atoms with Crippen molar-refractivity contribution in [2.24, 2.45) is 0 Å². The molecule has 4 heteroatoms. The lowest BCUT2D eigenvalue weighted by atomic mass is 10.1. The monoisotopic (exact) mass is 366 g/mol.